The molecule has 0 bridgehead atoms. The van der Waals surface area contributed by atoms with Gasteiger partial charge < -0.3 is 15.2 Å². The Morgan fingerprint density at radius 1 is 1.09 bits per heavy atom. The summed E-state index contributed by atoms with van der Waals surface area (Å²) in [5, 5.41) is 13.1. The molecular weight excluding hydrogens is 408 g/mol. The molecular formula is C25H30N2O5. The lowest BCUT2D eigenvalue weighted by atomic mass is 9.90. The minimum atomic E-state index is -1.19. The maximum absolute atomic E-state index is 13.1. The highest BCUT2D eigenvalue weighted by molar-refractivity contribution is 6.07. The van der Waals surface area contributed by atoms with Crippen LogP contribution in [0.5, 0.6) is 5.75 Å². The number of aliphatic hydroxyl groups excluding tert-OH is 1. The number of hydrogen-bond acceptors (Lipinski definition) is 5. The molecule has 0 spiro atoms. The van der Waals surface area contributed by atoms with Gasteiger partial charge >= 0.3 is 6.03 Å². The molecule has 1 heterocycles. The van der Waals surface area contributed by atoms with Crippen molar-refractivity contribution in [2.24, 2.45) is 0 Å². The summed E-state index contributed by atoms with van der Waals surface area (Å²) in [4.78, 5) is 38.3. The molecule has 7 heteroatoms. The summed E-state index contributed by atoms with van der Waals surface area (Å²) in [5.74, 6) is 0.475. The van der Waals surface area contributed by atoms with Crippen LogP contribution >= 0.6 is 0 Å². The molecule has 1 fully saturated rings. The fourth-order valence-corrected chi connectivity index (χ4v) is 3.66. The first-order valence-electron chi connectivity index (χ1n) is 10.8. The molecule has 1 aliphatic rings. The Balaban J connectivity index is 1.61. The first kappa shape index (κ1) is 23.5. The van der Waals surface area contributed by atoms with Crippen LogP contribution in [0.1, 0.15) is 61.5 Å². The van der Waals surface area contributed by atoms with Gasteiger partial charge in [0.15, 0.2) is 5.78 Å². The third-order valence-corrected chi connectivity index (χ3v) is 5.76. The third kappa shape index (κ3) is 4.83. The SMILES string of the molecule is CCC(=O)c1ccc(OCC(O)CN2C(=O)NC(C)(c3ccc(C(C)C)cc3)C2=O)cc1. The van der Waals surface area contributed by atoms with Crippen molar-refractivity contribution in [3.05, 3.63) is 65.2 Å². The summed E-state index contributed by atoms with van der Waals surface area (Å²) < 4.78 is 5.56. The number of urea groups is 1. The Morgan fingerprint density at radius 2 is 1.72 bits per heavy atom. The average Bonchev–Trinajstić information content (AvgIpc) is 3.01. The fourth-order valence-electron chi connectivity index (χ4n) is 3.66. The van der Waals surface area contributed by atoms with Crippen LogP contribution in [0.15, 0.2) is 48.5 Å². The number of β-amino-alcohol motifs (C(OH)–C–C–N with tert-alkyl or cyclic N) is 1. The number of aliphatic hydroxyl groups is 1. The number of ketones is 1. The van der Waals surface area contributed by atoms with Crippen molar-refractivity contribution in [1.82, 2.24) is 10.2 Å². The molecule has 2 N–H and O–H groups in total. The van der Waals surface area contributed by atoms with Crippen LogP contribution in [0.2, 0.25) is 0 Å². The summed E-state index contributed by atoms with van der Waals surface area (Å²) in [5.41, 5.74) is 1.25. The van der Waals surface area contributed by atoms with Crippen LogP contribution in [0.3, 0.4) is 0 Å². The number of ether oxygens (including phenoxy) is 1. The summed E-state index contributed by atoms with van der Waals surface area (Å²) in [6.45, 7) is 7.35. The van der Waals surface area contributed by atoms with E-state index in [9.17, 15) is 19.5 Å². The van der Waals surface area contributed by atoms with Gasteiger partial charge in [0.05, 0.1) is 6.54 Å². The van der Waals surface area contributed by atoms with Gasteiger partial charge in [0.25, 0.3) is 5.91 Å². The molecule has 2 aromatic carbocycles. The standard InChI is InChI=1S/C25H30N2O5/c1-5-22(29)18-8-12-21(13-9-18)32-15-20(28)14-27-23(30)25(4,26-24(27)31)19-10-6-17(7-11-19)16(2)3/h6-13,16,20,28H,5,14-15H2,1-4H3,(H,26,31). The number of Topliss-reactive ketones (excluding diaryl/α,β-unsaturated/α-hetero) is 1. The predicted octanol–water partition coefficient (Wildman–Crippen LogP) is 3.61. The topological polar surface area (TPSA) is 95.9 Å². The van der Waals surface area contributed by atoms with Gasteiger partial charge in [-0.15, -0.1) is 0 Å². The van der Waals surface area contributed by atoms with Crippen LogP contribution in [0.25, 0.3) is 0 Å². The van der Waals surface area contributed by atoms with E-state index < -0.39 is 23.6 Å². The Kier molecular flexibility index (Phi) is 6.99. The van der Waals surface area contributed by atoms with Crippen LogP contribution in [0, 0.1) is 0 Å². The quantitative estimate of drug-likeness (QED) is 0.461. The first-order chi connectivity index (χ1) is 15.2. The number of imide groups is 1. The molecule has 3 amide bonds. The number of hydrogen-bond donors (Lipinski definition) is 2. The lowest BCUT2D eigenvalue weighted by Crippen LogP contribution is -2.42. The zero-order chi connectivity index (χ0) is 23.5. The highest BCUT2D eigenvalue weighted by Gasteiger charge is 2.49. The number of nitrogens with one attached hydrogen (secondary N) is 1. The molecule has 2 aromatic rings. The number of amides is 3. The largest absolute Gasteiger partial charge is 0.491 e. The number of carbonyl (C=O) groups excluding carboxylic acids is 3. The third-order valence-electron chi connectivity index (χ3n) is 5.76. The molecule has 0 saturated carbocycles. The van der Waals surface area contributed by atoms with E-state index in [-0.39, 0.29) is 18.9 Å². The normalized spacial score (nSPS) is 19.2. The van der Waals surface area contributed by atoms with E-state index in [4.69, 9.17) is 4.74 Å². The fraction of sp³-hybridized carbons (Fsp3) is 0.400. The Hall–Kier alpha value is -3.19. The van der Waals surface area contributed by atoms with Crippen molar-refractivity contribution in [3.63, 3.8) is 0 Å². The second-order valence-corrected chi connectivity index (χ2v) is 8.51. The number of carbonyl (C=O) groups is 3. The molecule has 170 valence electrons. The number of nitrogens with zero attached hydrogens (tertiary/aromatic N) is 1. The van der Waals surface area contributed by atoms with E-state index in [0.29, 0.717) is 29.2 Å². The minimum absolute atomic E-state index is 0.0389. The molecule has 2 atom stereocenters. The van der Waals surface area contributed by atoms with Crippen LogP contribution in [0.4, 0.5) is 4.79 Å². The van der Waals surface area contributed by atoms with Crippen molar-refractivity contribution in [1.29, 1.82) is 0 Å². The molecule has 32 heavy (non-hydrogen) atoms. The second-order valence-electron chi connectivity index (χ2n) is 8.51. The van der Waals surface area contributed by atoms with E-state index in [1.165, 1.54) is 0 Å². The second kappa shape index (κ2) is 9.53. The predicted molar refractivity (Wildman–Crippen MR) is 121 cm³/mol. The van der Waals surface area contributed by atoms with E-state index in [2.05, 4.69) is 19.2 Å². The highest BCUT2D eigenvalue weighted by Crippen LogP contribution is 2.30. The molecule has 3 rings (SSSR count). The number of rotatable bonds is 9. The van der Waals surface area contributed by atoms with Gasteiger partial charge in [-0.25, -0.2) is 4.79 Å². The van der Waals surface area contributed by atoms with E-state index in [0.717, 1.165) is 10.5 Å². The summed E-state index contributed by atoms with van der Waals surface area (Å²) in [6, 6.07) is 13.7. The molecule has 0 aliphatic carbocycles. The average molecular weight is 439 g/mol. The smallest absolute Gasteiger partial charge is 0.325 e. The molecule has 7 nitrogen and oxygen atoms in total. The van der Waals surface area contributed by atoms with Crippen molar-refractivity contribution in [2.75, 3.05) is 13.2 Å². The van der Waals surface area contributed by atoms with Gasteiger partial charge in [0, 0.05) is 12.0 Å². The number of benzene rings is 2. The zero-order valence-electron chi connectivity index (χ0n) is 18.9. The van der Waals surface area contributed by atoms with Crippen molar-refractivity contribution in [3.8, 4) is 5.75 Å². The Morgan fingerprint density at radius 3 is 2.28 bits per heavy atom. The van der Waals surface area contributed by atoms with Crippen LogP contribution in [-0.2, 0) is 10.3 Å². The summed E-state index contributed by atoms with van der Waals surface area (Å²) in [7, 11) is 0. The van der Waals surface area contributed by atoms with Crippen molar-refractivity contribution in [2.45, 2.75) is 51.7 Å². The Bertz CT molecular complexity index is 984. The van der Waals surface area contributed by atoms with Crippen molar-refractivity contribution >= 4 is 17.7 Å². The van der Waals surface area contributed by atoms with Crippen LogP contribution in [-0.4, -0.2) is 47.0 Å². The maximum Gasteiger partial charge on any atom is 0.325 e. The van der Waals surface area contributed by atoms with Gasteiger partial charge in [0.1, 0.15) is 24.0 Å². The molecule has 0 aromatic heterocycles. The van der Waals surface area contributed by atoms with Gasteiger partial charge in [-0.3, -0.25) is 14.5 Å². The van der Waals surface area contributed by atoms with E-state index in [1.54, 1.807) is 38.1 Å². The maximum atomic E-state index is 13.1. The molecule has 1 aliphatic heterocycles. The van der Waals surface area contributed by atoms with Gasteiger partial charge in [0.2, 0.25) is 0 Å². The van der Waals surface area contributed by atoms with Crippen molar-refractivity contribution < 1.29 is 24.2 Å². The minimum Gasteiger partial charge on any atom is -0.491 e. The Labute approximate surface area is 188 Å². The molecule has 0 radical (unpaired) electrons. The zero-order valence-corrected chi connectivity index (χ0v) is 18.9. The molecule has 1 saturated heterocycles. The van der Waals surface area contributed by atoms with Gasteiger partial charge in [-0.2, -0.15) is 0 Å². The summed E-state index contributed by atoms with van der Waals surface area (Å²) >= 11 is 0. The van der Waals surface area contributed by atoms with Gasteiger partial charge in [-0.05, 0) is 48.2 Å². The van der Waals surface area contributed by atoms with E-state index >= 15 is 0 Å². The lowest BCUT2D eigenvalue weighted by Gasteiger charge is -2.23. The van der Waals surface area contributed by atoms with Crippen LogP contribution < -0.4 is 10.1 Å². The van der Waals surface area contributed by atoms with E-state index in [1.807, 2.05) is 24.3 Å². The summed E-state index contributed by atoms with van der Waals surface area (Å²) in [6.07, 6.45) is -0.640. The van der Waals surface area contributed by atoms with Gasteiger partial charge in [-0.1, -0.05) is 45.0 Å². The molecule has 2 unspecified atom stereocenters. The monoisotopic (exact) mass is 438 g/mol. The first-order valence-corrected chi connectivity index (χ1v) is 10.8. The highest BCUT2D eigenvalue weighted by atomic mass is 16.5. The lowest BCUT2D eigenvalue weighted by molar-refractivity contribution is -0.132.